The van der Waals surface area contributed by atoms with E-state index in [2.05, 4.69) is 26.7 Å². The first-order valence-corrected chi connectivity index (χ1v) is 10.9. The molecule has 1 saturated heterocycles. The quantitative estimate of drug-likeness (QED) is 0.532. The van der Waals surface area contributed by atoms with Crippen LogP contribution in [0.1, 0.15) is 33.1 Å². The number of hydrazone groups is 1. The molecule has 32 heavy (non-hydrogen) atoms. The van der Waals surface area contributed by atoms with E-state index in [1.54, 1.807) is 36.1 Å². The van der Waals surface area contributed by atoms with Crippen LogP contribution in [0.15, 0.2) is 77.3 Å². The van der Waals surface area contributed by atoms with Crippen molar-refractivity contribution < 1.29 is 19.0 Å². The zero-order valence-electron chi connectivity index (χ0n) is 17.7. The van der Waals surface area contributed by atoms with Crippen LogP contribution in [-0.4, -0.2) is 35.9 Å². The number of nitrogens with zero attached hydrogens (tertiary/aromatic N) is 1. The molecule has 4 rings (SSSR count). The van der Waals surface area contributed by atoms with Gasteiger partial charge in [0.1, 0.15) is 5.75 Å². The maximum atomic E-state index is 12.9. The van der Waals surface area contributed by atoms with E-state index < -0.39 is 12.1 Å². The van der Waals surface area contributed by atoms with Gasteiger partial charge < -0.3 is 10.1 Å². The number of halogens is 1. The van der Waals surface area contributed by atoms with Crippen molar-refractivity contribution in [2.45, 2.75) is 19.0 Å². The van der Waals surface area contributed by atoms with Crippen molar-refractivity contribution in [2.24, 2.45) is 0 Å². The highest BCUT2D eigenvalue weighted by Crippen LogP contribution is 2.26. The number of ether oxygens (including phenoxy) is 1. The molecule has 6 nitrogen and oxygen atoms in total. The number of amides is 2. The fourth-order valence-electron chi connectivity index (χ4n) is 3.62. The molecule has 0 saturated carbocycles. The number of methoxy groups -OCH3 is 1. The average molecular weight is 493 g/mol. The minimum absolute atomic E-state index is 0.272. The Morgan fingerprint density at radius 2 is 1.69 bits per heavy atom. The lowest BCUT2D eigenvalue weighted by atomic mass is 9.98. The second-order valence-electron chi connectivity index (χ2n) is 7.60. The number of hydrazine groups is 1. The predicted octanol–water partition coefficient (Wildman–Crippen LogP) is 3.78. The van der Waals surface area contributed by atoms with E-state index in [0.29, 0.717) is 11.3 Å². The molecule has 0 radical (unpaired) electrons. The van der Waals surface area contributed by atoms with Crippen molar-refractivity contribution in [1.82, 2.24) is 10.7 Å². The van der Waals surface area contributed by atoms with Crippen molar-refractivity contribution >= 4 is 34.0 Å². The summed E-state index contributed by atoms with van der Waals surface area (Å²) < 4.78 is 7.88. The largest absolute Gasteiger partial charge is 0.497 e. The molecule has 3 aromatic carbocycles. The number of hydrogen-bond donors (Lipinski definition) is 2. The van der Waals surface area contributed by atoms with Crippen LogP contribution in [0.4, 0.5) is 0 Å². The number of nitrogens with one attached hydrogen (secondary N) is 2. The lowest BCUT2D eigenvalue weighted by Crippen LogP contribution is -2.42. The average Bonchev–Trinajstić information content (AvgIpc) is 3.10. The normalized spacial score (nSPS) is 19.0. The van der Waals surface area contributed by atoms with Crippen LogP contribution < -0.4 is 15.5 Å². The highest BCUT2D eigenvalue weighted by molar-refractivity contribution is 9.10. The summed E-state index contributed by atoms with van der Waals surface area (Å²) in [6, 6.07) is 21.3. The molecule has 1 fully saturated rings. The van der Waals surface area contributed by atoms with Gasteiger partial charge in [0.05, 0.1) is 7.11 Å². The smallest absolute Gasteiger partial charge is 0.304 e. The molecule has 2 atom stereocenters. The highest BCUT2D eigenvalue weighted by atomic mass is 79.9. The molecular formula is C25H23BrN3O3+. The molecule has 2 N–H and O–H groups in total. The lowest BCUT2D eigenvalue weighted by Gasteiger charge is -2.15. The Bertz CT molecular complexity index is 1160. The van der Waals surface area contributed by atoms with Gasteiger partial charge in [0, 0.05) is 21.2 Å². The van der Waals surface area contributed by atoms with E-state index in [0.717, 1.165) is 21.2 Å². The lowest BCUT2D eigenvalue weighted by molar-refractivity contribution is -0.596. The maximum Gasteiger partial charge on any atom is 0.304 e. The van der Waals surface area contributed by atoms with E-state index in [9.17, 15) is 9.59 Å². The summed E-state index contributed by atoms with van der Waals surface area (Å²) in [7, 11) is 1.57. The molecule has 0 aromatic heterocycles. The minimum atomic E-state index is -0.765. The van der Waals surface area contributed by atoms with Gasteiger partial charge in [0.15, 0.2) is 6.04 Å². The number of carbonyl (C=O) groups excluding carboxylic acids is 2. The third kappa shape index (κ3) is 4.73. The molecule has 7 heteroatoms. The summed E-state index contributed by atoms with van der Waals surface area (Å²) in [6.07, 6.45) is 1.87. The van der Waals surface area contributed by atoms with Crippen molar-refractivity contribution in [1.29, 1.82) is 0 Å². The van der Waals surface area contributed by atoms with Crippen molar-refractivity contribution in [2.75, 3.05) is 7.11 Å². The van der Waals surface area contributed by atoms with Gasteiger partial charge in [-0.1, -0.05) is 45.8 Å². The number of hydrogen-bond acceptors (Lipinski definition) is 3. The summed E-state index contributed by atoms with van der Waals surface area (Å²) in [4.78, 5) is 25.8. The van der Waals surface area contributed by atoms with Crippen LogP contribution in [-0.2, 0) is 4.79 Å². The standard InChI is InChI=1S/C25H22BrN3O3/c1-16-3-7-18(8-4-16)23-22(27-24(30)19-9-13-21(32-2)14-10-19)25(31)28-29(23)15-17-5-11-20(26)12-6-17/h3-15,22-23H,1-2H3,(H-,27,28,30,31)/p+1/b29-15-/t22-,23+/m0/s1. The van der Waals surface area contributed by atoms with Gasteiger partial charge in [-0.15, -0.1) is 10.1 Å². The molecule has 0 aliphatic carbocycles. The first kappa shape index (κ1) is 21.8. The molecule has 1 aliphatic heterocycles. The number of benzene rings is 3. The summed E-state index contributed by atoms with van der Waals surface area (Å²) in [6.45, 7) is 2.01. The number of aryl methyl sites for hydroxylation is 1. The first-order valence-electron chi connectivity index (χ1n) is 10.2. The van der Waals surface area contributed by atoms with E-state index in [1.807, 2.05) is 61.7 Å². The Morgan fingerprint density at radius 1 is 1.03 bits per heavy atom. The second-order valence-corrected chi connectivity index (χ2v) is 8.51. The second kappa shape index (κ2) is 9.36. The van der Waals surface area contributed by atoms with Gasteiger partial charge in [-0.05, 0) is 55.5 Å². The summed E-state index contributed by atoms with van der Waals surface area (Å²) in [5, 5.41) is 2.91. The molecule has 0 unspecified atom stereocenters. The van der Waals surface area contributed by atoms with E-state index in [4.69, 9.17) is 4.74 Å². The fraction of sp³-hybridized carbons (Fsp3) is 0.160. The first-order chi connectivity index (χ1) is 15.4. The zero-order valence-corrected chi connectivity index (χ0v) is 19.3. The molecule has 3 aromatic rings. The summed E-state index contributed by atoms with van der Waals surface area (Å²) in [5.74, 6) is 0.0640. The Hall–Kier alpha value is -3.45. The van der Waals surface area contributed by atoms with Gasteiger partial charge in [-0.25, -0.2) is 0 Å². The summed E-state index contributed by atoms with van der Waals surface area (Å²) >= 11 is 3.44. The van der Waals surface area contributed by atoms with Gasteiger partial charge >= 0.3 is 5.91 Å². The van der Waals surface area contributed by atoms with Crippen molar-refractivity contribution in [3.05, 3.63) is 99.5 Å². The van der Waals surface area contributed by atoms with Gasteiger partial charge in [0.2, 0.25) is 12.3 Å². The highest BCUT2D eigenvalue weighted by Gasteiger charge is 2.47. The van der Waals surface area contributed by atoms with Crippen LogP contribution in [0.3, 0.4) is 0 Å². The summed E-state index contributed by atoms with van der Waals surface area (Å²) in [5.41, 5.74) is 6.31. The van der Waals surface area contributed by atoms with Crippen molar-refractivity contribution in [3.63, 3.8) is 0 Å². The monoisotopic (exact) mass is 492 g/mol. The van der Waals surface area contributed by atoms with E-state index >= 15 is 0 Å². The van der Waals surface area contributed by atoms with Gasteiger partial charge in [-0.2, -0.15) is 0 Å². The van der Waals surface area contributed by atoms with Crippen LogP contribution in [0.2, 0.25) is 0 Å². The molecule has 2 amide bonds. The molecule has 1 aliphatic rings. The topological polar surface area (TPSA) is 70.4 Å². The molecular weight excluding hydrogens is 470 g/mol. The minimum Gasteiger partial charge on any atom is -0.497 e. The Labute approximate surface area is 195 Å². The molecule has 0 bridgehead atoms. The predicted molar refractivity (Wildman–Crippen MR) is 126 cm³/mol. The Morgan fingerprint density at radius 3 is 2.31 bits per heavy atom. The maximum absolute atomic E-state index is 12.9. The molecule has 0 spiro atoms. The third-order valence-corrected chi connectivity index (χ3v) is 5.88. The van der Waals surface area contributed by atoms with Crippen molar-refractivity contribution in [3.8, 4) is 5.75 Å². The SMILES string of the molecule is COc1ccc(C(=O)N[C@@H]2C(=O)N/[N+](=C\c3ccc(Br)cc3)[C@@H]2c2ccc(C)cc2)cc1. The van der Waals surface area contributed by atoms with Gasteiger partial charge in [-0.3, -0.25) is 9.59 Å². The van der Waals surface area contributed by atoms with Crippen LogP contribution in [0, 0.1) is 6.92 Å². The van der Waals surface area contributed by atoms with Crippen LogP contribution in [0.5, 0.6) is 5.75 Å². The fourth-order valence-corrected chi connectivity index (χ4v) is 3.88. The van der Waals surface area contributed by atoms with Gasteiger partial charge in [0.25, 0.3) is 5.91 Å². The molecule has 1 heterocycles. The van der Waals surface area contributed by atoms with Crippen LogP contribution >= 0.6 is 15.9 Å². The molecule has 162 valence electrons. The van der Waals surface area contributed by atoms with E-state index in [-0.39, 0.29) is 11.8 Å². The van der Waals surface area contributed by atoms with Crippen LogP contribution in [0.25, 0.3) is 0 Å². The Kier molecular flexibility index (Phi) is 6.37. The number of rotatable bonds is 5. The zero-order chi connectivity index (χ0) is 22.7. The Balaban J connectivity index is 1.67. The number of carbonyl (C=O) groups is 2. The third-order valence-electron chi connectivity index (χ3n) is 5.35. The van der Waals surface area contributed by atoms with E-state index in [1.165, 1.54) is 0 Å².